The van der Waals surface area contributed by atoms with Crippen molar-refractivity contribution in [1.29, 1.82) is 0 Å². The lowest BCUT2D eigenvalue weighted by molar-refractivity contribution is -0.113. The van der Waals surface area contributed by atoms with Gasteiger partial charge < -0.3 is 19.2 Å². The maximum Gasteiger partial charge on any atom is 0.277 e. The summed E-state index contributed by atoms with van der Waals surface area (Å²) in [5.74, 6) is 1.22. The molecule has 1 amide bonds. The van der Waals surface area contributed by atoms with E-state index in [1.807, 2.05) is 36.4 Å². The van der Waals surface area contributed by atoms with Gasteiger partial charge in [0.05, 0.1) is 26.1 Å². The molecule has 0 unspecified atom stereocenters. The van der Waals surface area contributed by atoms with Gasteiger partial charge in [-0.25, -0.2) is 0 Å². The second-order valence-electron chi connectivity index (χ2n) is 7.34. The second-order valence-corrected chi connectivity index (χ2v) is 8.27. The summed E-state index contributed by atoms with van der Waals surface area (Å²) >= 11 is 1.21. The molecule has 0 bridgehead atoms. The van der Waals surface area contributed by atoms with E-state index in [2.05, 4.69) is 32.5 Å². The highest BCUT2D eigenvalue weighted by molar-refractivity contribution is 7.99. The van der Waals surface area contributed by atoms with Gasteiger partial charge in [0.25, 0.3) is 5.22 Å². The first-order valence-electron chi connectivity index (χ1n) is 10.5. The largest absolute Gasteiger partial charge is 0.497 e. The molecule has 0 atom stereocenters. The Morgan fingerprint density at radius 1 is 1.09 bits per heavy atom. The molecular formula is C23H26N4O4S. The van der Waals surface area contributed by atoms with E-state index in [0.29, 0.717) is 11.1 Å². The quantitative estimate of drug-likeness (QED) is 0.493. The molecule has 2 heterocycles. The maximum absolute atomic E-state index is 12.3. The molecule has 0 radical (unpaired) electrons. The summed E-state index contributed by atoms with van der Waals surface area (Å²) in [5, 5.41) is 11.3. The van der Waals surface area contributed by atoms with Crippen LogP contribution in [0.2, 0.25) is 0 Å². The van der Waals surface area contributed by atoms with E-state index < -0.39 is 0 Å². The summed E-state index contributed by atoms with van der Waals surface area (Å²) in [4.78, 5) is 14.7. The number of hydrogen-bond donors (Lipinski definition) is 1. The van der Waals surface area contributed by atoms with E-state index in [0.717, 1.165) is 56.3 Å². The Balaban J connectivity index is 1.22. The molecule has 8 nitrogen and oxygen atoms in total. The Hall–Kier alpha value is -2.88. The number of nitrogens with one attached hydrogen (secondary N) is 1. The third-order valence-electron chi connectivity index (χ3n) is 5.13. The lowest BCUT2D eigenvalue weighted by atomic mass is 10.1. The number of carbonyl (C=O) groups is 1. The fourth-order valence-electron chi connectivity index (χ4n) is 3.31. The van der Waals surface area contributed by atoms with Crippen LogP contribution in [-0.2, 0) is 16.0 Å². The van der Waals surface area contributed by atoms with Gasteiger partial charge in [-0.1, -0.05) is 23.9 Å². The molecule has 1 aromatic heterocycles. The number of rotatable bonds is 9. The zero-order valence-electron chi connectivity index (χ0n) is 18.0. The highest BCUT2D eigenvalue weighted by Crippen LogP contribution is 2.25. The molecule has 9 heteroatoms. The number of anilines is 1. The molecule has 4 rings (SSSR count). The SMILES string of the molecule is COc1ccc(-c2nnc(SCC(=O)Nc3ccc(CCN4CCOCC4)cc3)o2)cc1. The van der Waals surface area contributed by atoms with E-state index in [1.165, 1.54) is 17.3 Å². The van der Waals surface area contributed by atoms with Crippen LogP contribution >= 0.6 is 11.8 Å². The van der Waals surface area contributed by atoms with Crippen molar-refractivity contribution in [2.75, 3.05) is 51.0 Å². The molecule has 1 aliphatic heterocycles. The monoisotopic (exact) mass is 454 g/mol. The van der Waals surface area contributed by atoms with Crippen molar-refractivity contribution in [3.63, 3.8) is 0 Å². The smallest absolute Gasteiger partial charge is 0.277 e. The standard InChI is InChI=1S/C23H26N4O4S/c1-29-20-8-4-18(5-9-20)22-25-26-23(31-22)32-16-21(28)24-19-6-2-17(3-7-19)10-11-27-12-14-30-15-13-27/h2-9H,10-16H2,1H3,(H,24,28). The van der Waals surface area contributed by atoms with Crippen molar-refractivity contribution >= 4 is 23.4 Å². The molecule has 1 aliphatic rings. The highest BCUT2D eigenvalue weighted by Gasteiger charge is 2.12. The number of ether oxygens (including phenoxy) is 2. The molecule has 1 N–H and O–H groups in total. The normalized spacial score (nSPS) is 14.3. The summed E-state index contributed by atoms with van der Waals surface area (Å²) in [5.41, 5.74) is 2.82. The average molecular weight is 455 g/mol. The van der Waals surface area contributed by atoms with Crippen molar-refractivity contribution in [3.05, 3.63) is 54.1 Å². The lowest BCUT2D eigenvalue weighted by Gasteiger charge is -2.26. The second kappa shape index (κ2) is 11.1. The Morgan fingerprint density at radius 2 is 1.84 bits per heavy atom. The molecule has 0 aliphatic carbocycles. The minimum absolute atomic E-state index is 0.125. The third-order valence-corrected chi connectivity index (χ3v) is 5.95. The summed E-state index contributed by atoms with van der Waals surface area (Å²) in [6, 6.07) is 15.3. The Morgan fingerprint density at radius 3 is 2.56 bits per heavy atom. The molecule has 2 aromatic carbocycles. The number of morpholine rings is 1. The summed E-state index contributed by atoms with van der Waals surface area (Å²) < 4.78 is 16.2. The highest BCUT2D eigenvalue weighted by atomic mass is 32.2. The van der Waals surface area contributed by atoms with E-state index >= 15 is 0 Å². The fraction of sp³-hybridized carbons (Fsp3) is 0.348. The van der Waals surface area contributed by atoms with E-state index in [9.17, 15) is 4.79 Å². The molecule has 168 valence electrons. The van der Waals surface area contributed by atoms with Crippen LogP contribution in [0.3, 0.4) is 0 Å². The number of carbonyl (C=O) groups excluding carboxylic acids is 1. The minimum Gasteiger partial charge on any atom is -0.497 e. The van der Waals surface area contributed by atoms with Crippen molar-refractivity contribution in [1.82, 2.24) is 15.1 Å². The number of hydrogen-bond acceptors (Lipinski definition) is 8. The van der Waals surface area contributed by atoms with Gasteiger partial charge in [0.2, 0.25) is 11.8 Å². The van der Waals surface area contributed by atoms with Gasteiger partial charge in [-0.15, -0.1) is 10.2 Å². The van der Waals surface area contributed by atoms with Crippen LogP contribution in [0.15, 0.2) is 58.2 Å². The van der Waals surface area contributed by atoms with E-state index in [-0.39, 0.29) is 11.7 Å². The van der Waals surface area contributed by atoms with E-state index in [1.54, 1.807) is 7.11 Å². The van der Waals surface area contributed by atoms with Crippen molar-refractivity contribution in [3.8, 4) is 17.2 Å². The summed E-state index contributed by atoms with van der Waals surface area (Å²) in [6.45, 7) is 4.64. The first-order valence-corrected chi connectivity index (χ1v) is 11.5. The van der Waals surface area contributed by atoms with Crippen LogP contribution in [0.5, 0.6) is 5.75 Å². The molecule has 3 aromatic rings. The van der Waals surface area contributed by atoms with Gasteiger partial charge in [0, 0.05) is 30.9 Å². The topological polar surface area (TPSA) is 89.7 Å². The average Bonchev–Trinajstić information content (AvgIpc) is 3.32. The number of amides is 1. The zero-order chi connectivity index (χ0) is 22.2. The zero-order valence-corrected chi connectivity index (χ0v) is 18.8. The number of benzene rings is 2. The molecule has 1 saturated heterocycles. The van der Waals surface area contributed by atoms with Crippen LogP contribution in [0.1, 0.15) is 5.56 Å². The number of aromatic nitrogens is 2. The molecule has 32 heavy (non-hydrogen) atoms. The molecule has 0 saturated carbocycles. The Bertz CT molecular complexity index is 1000. The number of nitrogens with zero attached hydrogens (tertiary/aromatic N) is 3. The molecule has 1 fully saturated rings. The molecular weight excluding hydrogens is 428 g/mol. The predicted octanol–water partition coefficient (Wildman–Crippen LogP) is 3.35. The van der Waals surface area contributed by atoms with Gasteiger partial charge in [-0.3, -0.25) is 9.69 Å². The van der Waals surface area contributed by atoms with Crippen LogP contribution < -0.4 is 10.1 Å². The first kappa shape index (κ1) is 22.3. The predicted molar refractivity (Wildman–Crippen MR) is 123 cm³/mol. The van der Waals surface area contributed by atoms with Gasteiger partial charge in [0.1, 0.15) is 5.75 Å². The van der Waals surface area contributed by atoms with Crippen molar-refractivity contribution in [2.24, 2.45) is 0 Å². The number of methoxy groups -OCH3 is 1. The first-order chi connectivity index (χ1) is 15.7. The molecule has 0 spiro atoms. The van der Waals surface area contributed by atoms with Crippen molar-refractivity contribution in [2.45, 2.75) is 11.6 Å². The van der Waals surface area contributed by atoms with E-state index in [4.69, 9.17) is 13.9 Å². The van der Waals surface area contributed by atoms with Crippen LogP contribution in [0, 0.1) is 0 Å². The summed E-state index contributed by atoms with van der Waals surface area (Å²) in [7, 11) is 1.61. The summed E-state index contributed by atoms with van der Waals surface area (Å²) in [6.07, 6.45) is 0.984. The number of thioether (sulfide) groups is 1. The lowest BCUT2D eigenvalue weighted by Crippen LogP contribution is -2.37. The van der Waals surface area contributed by atoms with Gasteiger partial charge in [-0.2, -0.15) is 0 Å². The third kappa shape index (κ3) is 6.32. The van der Waals surface area contributed by atoms with Crippen LogP contribution in [0.25, 0.3) is 11.5 Å². The van der Waals surface area contributed by atoms with Gasteiger partial charge in [0.15, 0.2) is 0 Å². The van der Waals surface area contributed by atoms with Crippen LogP contribution in [0.4, 0.5) is 5.69 Å². The van der Waals surface area contributed by atoms with Gasteiger partial charge in [-0.05, 0) is 48.4 Å². The van der Waals surface area contributed by atoms with Gasteiger partial charge >= 0.3 is 0 Å². The van der Waals surface area contributed by atoms with Crippen LogP contribution in [-0.4, -0.2) is 66.7 Å². The fourth-order valence-corrected chi connectivity index (χ4v) is 3.87. The minimum atomic E-state index is -0.125. The maximum atomic E-state index is 12.3. The Kier molecular flexibility index (Phi) is 7.76. The van der Waals surface area contributed by atoms with Crippen molar-refractivity contribution < 1.29 is 18.7 Å². The Labute approximate surface area is 191 Å².